The summed E-state index contributed by atoms with van der Waals surface area (Å²) >= 11 is 0. The Hall–Kier alpha value is -5.79. The van der Waals surface area contributed by atoms with Crippen molar-refractivity contribution in [2.45, 2.75) is 100 Å². The molecule has 17 nitrogen and oxygen atoms in total. The number of anilines is 2. The van der Waals surface area contributed by atoms with Crippen LogP contribution in [0.1, 0.15) is 92.7 Å². The van der Waals surface area contributed by atoms with Gasteiger partial charge < -0.3 is 29.4 Å². The minimum atomic E-state index is -4.66. The Morgan fingerprint density at radius 2 is 1.80 bits per heavy atom. The molecular weight excluding hydrogens is 911 g/mol. The van der Waals surface area contributed by atoms with Gasteiger partial charge in [0.05, 0.1) is 46.9 Å². The number of fused-ring (bicyclic) bond motifs is 2. The number of amides is 1. The van der Waals surface area contributed by atoms with Gasteiger partial charge in [-0.1, -0.05) is 38.1 Å². The molecule has 6 aliphatic rings. The number of rotatable bonds is 13. The Morgan fingerprint density at radius 1 is 0.986 bits per heavy atom. The van der Waals surface area contributed by atoms with E-state index in [9.17, 15) is 23.3 Å². The maximum atomic E-state index is 14.2. The van der Waals surface area contributed by atoms with Gasteiger partial charge in [-0.15, -0.1) is 0 Å². The van der Waals surface area contributed by atoms with Crippen molar-refractivity contribution in [3.8, 4) is 17.2 Å². The lowest BCUT2D eigenvalue weighted by Gasteiger charge is -2.56. The van der Waals surface area contributed by atoms with Gasteiger partial charge in [0.15, 0.2) is 11.4 Å². The monoisotopic (exact) mass is 973 g/mol. The van der Waals surface area contributed by atoms with Gasteiger partial charge in [0.25, 0.3) is 21.6 Å². The number of nitro benzene ring substituents is 1. The zero-order valence-electron chi connectivity index (χ0n) is 40.1. The molecule has 1 amide bonds. The number of carbonyl (C=O) groups is 1. The largest absolute Gasteiger partial charge is 0.489 e. The Labute approximate surface area is 409 Å². The van der Waals surface area contributed by atoms with E-state index in [0.717, 1.165) is 82.5 Å². The van der Waals surface area contributed by atoms with E-state index >= 15 is 0 Å². The lowest BCUT2D eigenvalue weighted by molar-refractivity contribution is -0.384. The molecule has 1 spiro atoms. The first-order valence-electron chi connectivity index (χ1n) is 25.0. The SMILES string of the molecule is CC(C)c1ccccc1[C@@H]1CCCN1C1CC2(CCN(c3ccc(C(=O)NS(=O)(=O)c4cc5c(c([N+](=O)[O-])c4)N[C@@H](CN4CCN(C6COC6)[C@H](C)C4)CO5)c(Oc4cnc5[nH]ccc5c4)c3)CC2)C1. The molecule has 5 aromatic rings. The second kappa shape index (κ2) is 18.8. The minimum Gasteiger partial charge on any atom is -0.489 e. The number of hydrogen-bond donors (Lipinski definition) is 3. The maximum Gasteiger partial charge on any atom is 0.297 e. The molecule has 18 heteroatoms. The van der Waals surface area contributed by atoms with Crippen LogP contribution in [0.25, 0.3) is 11.0 Å². The lowest BCUT2D eigenvalue weighted by atomic mass is 9.59. The maximum absolute atomic E-state index is 14.2. The number of piperidine rings is 1. The highest BCUT2D eigenvalue weighted by Gasteiger charge is 2.50. The van der Waals surface area contributed by atoms with Gasteiger partial charge in [-0.05, 0) is 98.7 Å². The Morgan fingerprint density at radius 3 is 2.56 bits per heavy atom. The number of hydrogen-bond acceptors (Lipinski definition) is 14. The summed E-state index contributed by atoms with van der Waals surface area (Å²) in [5.41, 5.74) is 4.39. The Balaban J connectivity index is 0.781. The van der Waals surface area contributed by atoms with Gasteiger partial charge in [-0.25, -0.2) is 18.1 Å². The number of nitrogens with one attached hydrogen (secondary N) is 3. The summed E-state index contributed by atoms with van der Waals surface area (Å²) in [5.74, 6) is 0.0755. The van der Waals surface area contributed by atoms with E-state index in [1.54, 1.807) is 30.6 Å². The average Bonchev–Trinajstić information content (AvgIpc) is 4.01. The quantitative estimate of drug-likeness (QED) is 0.0771. The topological polar surface area (TPSA) is 188 Å². The van der Waals surface area contributed by atoms with Gasteiger partial charge in [-0.2, -0.15) is 0 Å². The van der Waals surface area contributed by atoms with Crippen molar-refractivity contribution in [1.29, 1.82) is 0 Å². The predicted molar refractivity (Wildman–Crippen MR) is 267 cm³/mol. The molecule has 1 aliphatic carbocycles. The normalized spacial score (nSPS) is 23.4. The number of sulfonamides is 1. The van der Waals surface area contributed by atoms with Gasteiger partial charge in [0.1, 0.15) is 23.8 Å². The van der Waals surface area contributed by atoms with E-state index in [0.29, 0.717) is 53.4 Å². The lowest BCUT2D eigenvalue weighted by Crippen LogP contribution is -2.61. The van der Waals surface area contributed by atoms with Crippen molar-refractivity contribution >= 4 is 44.0 Å². The van der Waals surface area contributed by atoms with Gasteiger partial charge in [0.2, 0.25) is 0 Å². The van der Waals surface area contributed by atoms with Gasteiger partial charge >= 0.3 is 0 Å². The second-order valence-corrected chi connectivity index (χ2v) is 22.5. The molecule has 7 heterocycles. The molecule has 0 bridgehead atoms. The third-order valence-corrected chi connectivity index (χ3v) is 17.3. The van der Waals surface area contributed by atoms with Gasteiger partial charge in [0, 0.05) is 92.9 Å². The number of ether oxygens (including phenoxy) is 3. The number of aromatic amines is 1. The van der Waals surface area contributed by atoms with Crippen molar-refractivity contribution in [2.24, 2.45) is 5.41 Å². The fourth-order valence-electron chi connectivity index (χ4n) is 12.2. The molecule has 1 saturated carbocycles. The molecular formula is C52H63N9O8S. The molecule has 70 heavy (non-hydrogen) atoms. The number of piperazine rings is 1. The molecule has 3 aromatic carbocycles. The fourth-order valence-corrected chi connectivity index (χ4v) is 13.2. The molecule has 3 N–H and O–H groups in total. The molecule has 370 valence electrons. The summed E-state index contributed by atoms with van der Waals surface area (Å²) in [5, 5.41) is 16.6. The first kappa shape index (κ1) is 46.6. The van der Waals surface area contributed by atoms with E-state index in [2.05, 4.69) is 84.6 Å². The third-order valence-electron chi connectivity index (χ3n) is 16.0. The van der Waals surface area contributed by atoms with Crippen molar-refractivity contribution in [2.75, 3.05) is 75.9 Å². The number of H-pyrrole nitrogens is 1. The smallest absolute Gasteiger partial charge is 0.297 e. The predicted octanol–water partition coefficient (Wildman–Crippen LogP) is 7.67. The van der Waals surface area contributed by atoms with Crippen LogP contribution in [0.3, 0.4) is 0 Å². The average molecular weight is 974 g/mol. The first-order valence-corrected chi connectivity index (χ1v) is 26.5. The van der Waals surface area contributed by atoms with Crippen LogP contribution < -0.4 is 24.4 Å². The number of carbonyl (C=O) groups excluding carboxylic acids is 1. The first-order chi connectivity index (χ1) is 33.8. The number of benzene rings is 3. The zero-order valence-corrected chi connectivity index (χ0v) is 41.0. The molecule has 3 atom stereocenters. The van der Waals surface area contributed by atoms with Crippen molar-refractivity contribution < 1.29 is 32.3 Å². The minimum absolute atomic E-state index is 0.0239. The molecule has 2 aromatic heterocycles. The van der Waals surface area contributed by atoms with E-state index in [-0.39, 0.29) is 35.4 Å². The van der Waals surface area contributed by atoms with Crippen LogP contribution in [0.15, 0.2) is 84.0 Å². The van der Waals surface area contributed by atoms with Crippen LogP contribution in [0.2, 0.25) is 0 Å². The van der Waals surface area contributed by atoms with Crippen LogP contribution in [-0.2, 0) is 14.8 Å². The summed E-state index contributed by atoms with van der Waals surface area (Å²) in [4.78, 5) is 43.0. The highest BCUT2D eigenvalue weighted by molar-refractivity contribution is 7.90. The summed E-state index contributed by atoms with van der Waals surface area (Å²) in [7, 11) is -4.66. The highest BCUT2D eigenvalue weighted by Crippen LogP contribution is 2.54. The molecule has 0 radical (unpaired) electrons. The Kier molecular flexibility index (Phi) is 12.5. The number of pyridine rings is 1. The zero-order chi connectivity index (χ0) is 48.3. The molecule has 4 saturated heterocycles. The fraction of sp³-hybridized carbons (Fsp3) is 0.500. The summed E-state index contributed by atoms with van der Waals surface area (Å²) in [6, 6.07) is 21.6. The summed E-state index contributed by atoms with van der Waals surface area (Å²) in [6.07, 6.45) is 10.3. The van der Waals surface area contributed by atoms with Crippen molar-refractivity contribution in [1.82, 2.24) is 29.4 Å². The van der Waals surface area contributed by atoms with Crippen LogP contribution >= 0.6 is 0 Å². The van der Waals surface area contributed by atoms with E-state index in [1.165, 1.54) is 42.9 Å². The molecule has 5 aliphatic heterocycles. The number of nitro groups is 1. The van der Waals surface area contributed by atoms with E-state index < -0.39 is 31.4 Å². The number of likely N-dealkylation sites (tertiary alicyclic amines) is 1. The summed E-state index contributed by atoms with van der Waals surface area (Å²) in [6.45, 7) is 14.5. The van der Waals surface area contributed by atoms with Crippen LogP contribution in [0.5, 0.6) is 17.2 Å². The molecule has 0 unspecified atom stereocenters. The van der Waals surface area contributed by atoms with Crippen molar-refractivity contribution in [3.63, 3.8) is 0 Å². The van der Waals surface area contributed by atoms with Gasteiger partial charge in [-0.3, -0.25) is 29.6 Å². The summed E-state index contributed by atoms with van der Waals surface area (Å²) < 4.78 is 48.1. The molecule has 11 rings (SSSR count). The van der Waals surface area contributed by atoms with E-state index in [4.69, 9.17) is 14.2 Å². The third kappa shape index (κ3) is 9.08. The second-order valence-electron chi connectivity index (χ2n) is 20.8. The van der Waals surface area contributed by atoms with E-state index in [1.807, 2.05) is 12.1 Å². The molecule has 5 fully saturated rings. The highest BCUT2D eigenvalue weighted by atomic mass is 32.2. The Bertz CT molecular complexity index is 2890. The standard InChI is InChI=1S/C52H63N9O8S/c1-33(2)42-7-4-5-8-43(42)45-9-6-16-60(45)38-25-52(26-38)13-17-58(18-14-52)37-10-11-44(47(22-37)69-40-21-35-12-15-53-50(35)54-27-40)51(62)56-70(65,66)41-23-46(61(63)64)49-48(24-41)68-30-36(55-49)29-57-19-20-59(34(3)28-57)39-31-67-32-39/h4-5,7-8,10-12,15,21-24,27,33-34,36,38-39,45,55H,6,9,13-14,16-20,25-26,28-32H2,1-3H3,(H,53,54)(H,56,62)/t34-,36+,45+/m1/s1. The number of aromatic nitrogens is 2. The van der Waals surface area contributed by atoms with Crippen LogP contribution in [0.4, 0.5) is 17.1 Å². The van der Waals surface area contributed by atoms with Crippen LogP contribution in [-0.4, -0.2) is 134 Å². The number of nitrogens with zero attached hydrogens (tertiary/aromatic N) is 6. The van der Waals surface area contributed by atoms with Crippen LogP contribution in [0, 0.1) is 15.5 Å². The van der Waals surface area contributed by atoms with Crippen molar-refractivity contribution in [3.05, 3.63) is 106 Å².